The van der Waals surface area contributed by atoms with E-state index in [1.54, 1.807) is 0 Å². The van der Waals surface area contributed by atoms with E-state index in [2.05, 4.69) is 68.3 Å². The number of hydrogen-bond donors (Lipinski definition) is 2. The molecule has 4 N–H and O–H groups in total. The molecule has 0 heterocycles. The molecule has 0 aromatic heterocycles. The second kappa shape index (κ2) is 4.86. The minimum absolute atomic E-state index is 0.619. The van der Waals surface area contributed by atoms with E-state index in [0.717, 1.165) is 19.7 Å². The van der Waals surface area contributed by atoms with E-state index in [1.807, 2.05) is 12.1 Å². The van der Waals surface area contributed by atoms with Crippen molar-refractivity contribution in [2.45, 2.75) is 0 Å². The van der Waals surface area contributed by atoms with Gasteiger partial charge in [0.2, 0.25) is 0 Å². The van der Waals surface area contributed by atoms with E-state index in [1.165, 1.54) is 21.5 Å². The molecule has 0 saturated heterocycles. The molecule has 0 aliphatic heterocycles. The molecule has 0 unspecified atom stereocenters. The first-order chi connectivity index (χ1) is 10.5. The number of rotatable bonds is 0. The normalized spacial score (nSPS) is 11.5. The lowest BCUT2D eigenvalue weighted by Crippen LogP contribution is -1.95. The van der Waals surface area contributed by atoms with Crippen LogP contribution >= 0.6 is 31.9 Å². The molecule has 4 rings (SSSR count). The predicted octanol–water partition coefficient (Wildman–Crippen LogP) is 5.84. The Labute approximate surface area is 144 Å². The Morgan fingerprint density at radius 2 is 0.864 bits per heavy atom. The van der Waals surface area contributed by atoms with Crippen LogP contribution in [0.1, 0.15) is 0 Å². The molecule has 0 spiro atoms. The molecule has 0 fully saturated rings. The standard InChI is InChI=1S/C18H12Br2N2/c19-9-1-3-11-13(5-9)14-6-10(20)2-4-12(14)16-8-18(22)17(21)7-15(11)16/h1-8H,21-22H2. The summed E-state index contributed by atoms with van der Waals surface area (Å²) >= 11 is 7.14. The monoisotopic (exact) mass is 414 g/mol. The zero-order valence-corrected chi connectivity index (χ0v) is 14.7. The van der Waals surface area contributed by atoms with E-state index in [4.69, 9.17) is 11.5 Å². The van der Waals surface area contributed by atoms with Gasteiger partial charge in [0.25, 0.3) is 0 Å². The number of nitrogen functional groups attached to an aromatic ring is 2. The number of nitrogens with two attached hydrogens (primary N) is 2. The van der Waals surface area contributed by atoms with Crippen LogP contribution in [0, 0.1) is 0 Å². The van der Waals surface area contributed by atoms with Gasteiger partial charge in [-0.1, -0.05) is 44.0 Å². The van der Waals surface area contributed by atoms with Crippen molar-refractivity contribution in [1.82, 2.24) is 0 Å². The van der Waals surface area contributed by atoms with Gasteiger partial charge in [-0.25, -0.2) is 0 Å². The van der Waals surface area contributed by atoms with Gasteiger partial charge in [0.1, 0.15) is 0 Å². The minimum atomic E-state index is 0.619. The fourth-order valence-corrected chi connectivity index (χ4v) is 3.75. The molecule has 0 atom stereocenters. The number of hydrogen-bond acceptors (Lipinski definition) is 2. The average Bonchev–Trinajstić information content (AvgIpc) is 2.49. The van der Waals surface area contributed by atoms with Crippen molar-refractivity contribution in [2.75, 3.05) is 11.5 Å². The highest BCUT2D eigenvalue weighted by Crippen LogP contribution is 2.39. The van der Waals surface area contributed by atoms with Crippen molar-refractivity contribution >= 4 is 75.6 Å². The second-order valence-corrected chi connectivity index (χ2v) is 7.24. The van der Waals surface area contributed by atoms with E-state index in [-0.39, 0.29) is 0 Å². The van der Waals surface area contributed by atoms with Gasteiger partial charge in [-0.15, -0.1) is 0 Å². The molecule has 0 radical (unpaired) electrons. The lowest BCUT2D eigenvalue weighted by Gasteiger charge is -2.13. The Bertz CT molecular complexity index is 965. The number of benzene rings is 4. The number of halogens is 2. The van der Waals surface area contributed by atoms with Crippen LogP contribution in [-0.2, 0) is 0 Å². The third-order valence-corrected chi connectivity index (χ3v) is 5.04. The Kier molecular flexibility index (Phi) is 3.06. The first-order valence-corrected chi connectivity index (χ1v) is 8.42. The first kappa shape index (κ1) is 13.9. The Hall–Kier alpha value is -1.78. The Morgan fingerprint density at radius 3 is 1.27 bits per heavy atom. The van der Waals surface area contributed by atoms with E-state index >= 15 is 0 Å². The summed E-state index contributed by atoms with van der Waals surface area (Å²) in [7, 11) is 0. The lowest BCUT2D eigenvalue weighted by atomic mass is 9.94. The second-order valence-electron chi connectivity index (χ2n) is 5.41. The molecule has 2 nitrogen and oxygen atoms in total. The third-order valence-electron chi connectivity index (χ3n) is 4.06. The topological polar surface area (TPSA) is 52.0 Å². The first-order valence-electron chi connectivity index (χ1n) is 6.84. The maximum Gasteiger partial charge on any atom is 0.0554 e. The third kappa shape index (κ3) is 1.98. The summed E-state index contributed by atoms with van der Waals surface area (Å²) in [6.45, 7) is 0. The summed E-state index contributed by atoms with van der Waals surface area (Å²) in [4.78, 5) is 0. The molecular weight excluding hydrogens is 404 g/mol. The average molecular weight is 416 g/mol. The molecule has 0 aliphatic rings. The molecule has 108 valence electrons. The van der Waals surface area contributed by atoms with Crippen LogP contribution in [0.15, 0.2) is 57.5 Å². The van der Waals surface area contributed by atoms with Crippen molar-refractivity contribution in [3.05, 3.63) is 57.5 Å². The largest absolute Gasteiger partial charge is 0.397 e. The van der Waals surface area contributed by atoms with Crippen LogP contribution in [0.25, 0.3) is 32.3 Å². The SMILES string of the molecule is Nc1cc2c3ccc(Br)cc3c3cc(Br)ccc3c2cc1N. The highest BCUT2D eigenvalue weighted by molar-refractivity contribution is 9.10. The molecule has 4 aromatic rings. The highest BCUT2D eigenvalue weighted by atomic mass is 79.9. The summed E-state index contributed by atoms with van der Waals surface area (Å²) in [6, 6.07) is 16.6. The van der Waals surface area contributed by atoms with Crippen molar-refractivity contribution in [3.63, 3.8) is 0 Å². The van der Waals surface area contributed by atoms with E-state index in [9.17, 15) is 0 Å². The van der Waals surface area contributed by atoms with Gasteiger partial charge < -0.3 is 11.5 Å². The lowest BCUT2D eigenvalue weighted by molar-refractivity contribution is 1.70. The van der Waals surface area contributed by atoms with Gasteiger partial charge >= 0.3 is 0 Å². The molecule has 4 aromatic carbocycles. The van der Waals surface area contributed by atoms with Crippen LogP contribution in [0.2, 0.25) is 0 Å². The van der Waals surface area contributed by atoms with Gasteiger partial charge in [0.15, 0.2) is 0 Å². The van der Waals surface area contributed by atoms with Crippen molar-refractivity contribution < 1.29 is 0 Å². The molecule has 4 heteroatoms. The molecule has 0 aliphatic carbocycles. The van der Waals surface area contributed by atoms with Gasteiger partial charge in [-0.3, -0.25) is 0 Å². The fourth-order valence-electron chi connectivity index (χ4n) is 3.03. The van der Waals surface area contributed by atoms with E-state index in [0.29, 0.717) is 11.4 Å². The Balaban J connectivity index is 2.39. The minimum Gasteiger partial charge on any atom is -0.397 e. The number of anilines is 2. The quantitative estimate of drug-likeness (QED) is 0.280. The summed E-state index contributed by atoms with van der Waals surface area (Å²) in [6.07, 6.45) is 0. The predicted molar refractivity (Wildman–Crippen MR) is 103 cm³/mol. The summed E-state index contributed by atoms with van der Waals surface area (Å²) in [5.41, 5.74) is 13.3. The maximum absolute atomic E-state index is 6.03. The van der Waals surface area contributed by atoms with Crippen molar-refractivity contribution in [2.24, 2.45) is 0 Å². The summed E-state index contributed by atoms with van der Waals surface area (Å²) < 4.78 is 2.12. The van der Waals surface area contributed by atoms with Gasteiger partial charge in [-0.2, -0.15) is 0 Å². The van der Waals surface area contributed by atoms with Crippen molar-refractivity contribution in [3.8, 4) is 0 Å². The van der Waals surface area contributed by atoms with E-state index < -0.39 is 0 Å². The number of fused-ring (bicyclic) bond motifs is 6. The molecule has 0 bridgehead atoms. The van der Waals surface area contributed by atoms with Crippen LogP contribution in [0.4, 0.5) is 11.4 Å². The summed E-state index contributed by atoms with van der Waals surface area (Å²) in [5.74, 6) is 0. The highest BCUT2D eigenvalue weighted by Gasteiger charge is 2.11. The summed E-state index contributed by atoms with van der Waals surface area (Å²) in [5, 5.41) is 7.00. The Morgan fingerprint density at radius 1 is 0.500 bits per heavy atom. The van der Waals surface area contributed by atoms with Crippen LogP contribution in [0.3, 0.4) is 0 Å². The van der Waals surface area contributed by atoms with Crippen LogP contribution in [-0.4, -0.2) is 0 Å². The molecule has 22 heavy (non-hydrogen) atoms. The maximum atomic E-state index is 6.03. The molecule has 0 amide bonds. The zero-order valence-electron chi connectivity index (χ0n) is 11.5. The van der Waals surface area contributed by atoms with Crippen molar-refractivity contribution in [1.29, 1.82) is 0 Å². The van der Waals surface area contributed by atoms with Gasteiger partial charge in [-0.05, 0) is 68.7 Å². The van der Waals surface area contributed by atoms with Crippen LogP contribution < -0.4 is 11.5 Å². The zero-order chi connectivity index (χ0) is 15.4. The molecule has 0 saturated carbocycles. The fraction of sp³-hybridized carbons (Fsp3) is 0. The van der Waals surface area contributed by atoms with Gasteiger partial charge in [0.05, 0.1) is 11.4 Å². The van der Waals surface area contributed by atoms with Gasteiger partial charge in [0, 0.05) is 8.95 Å². The molecular formula is C18H12Br2N2. The smallest absolute Gasteiger partial charge is 0.0554 e. The van der Waals surface area contributed by atoms with Crippen LogP contribution in [0.5, 0.6) is 0 Å².